The van der Waals surface area contributed by atoms with E-state index in [2.05, 4.69) is 6.58 Å². The number of thiophene rings is 1. The number of ether oxygens (including phenoxy) is 1. The summed E-state index contributed by atoms with van der Waals surface area (Å²) in [6, 6.07) is 3.44. The Labute approximate surface area is 85.1 Å². The van der Waals surface area contributed by atoms with Gasteiger partial charge in [0.25, 0.3) is 0 Å². The van der Waals surface area contributed by atoms with Gasteiger partial charge in [0, 0.05) is 0 Å². The monoisotopic (exact) mass is 214 g/mol. The van der Waals surface area contributed by atoms with Crippen molar-refractivity contribution in [3.05, 3.63) is 46.3 Å². The van der Waals surface area contributed by atoms with Crippen LogP contribution in [-0.2, 0) is 4.74 Å². The first-order valence-corrected chi connectivity index (χ1v) is 4.73. The smallest absolute Gasteiger partial charge is 0.354 e. The van der Waals surface area contributed by atoms with Gasteiger partial charge in [0.1, 0.15) is 4.88 Å². The summed E-state index contributed by atoms with van der Waals surface area (Å²) in [4.78, 5) is 11.7. The summed E-state index contributed by atoms with van der Waals surface area (Å²) >= 11 is 6.85. The molecule has 1 aromatic heterocycles. The second-order valence-electron chi connectivity index (χ2n) is 2.07. The molecule has 0 saturated carbocycles. The summed E-state index contributed by atoms with van der Waals surface area (Å²) < 4.78 is 4.76. The van der Waals surface area contributed by atoms with Crippen molar-refractivity contribution in [2.75, 3.05) is 0 Å². The van der Waals surface area contributed by atoms with Gasteiger partial charge in [-0.25, -0.2) is 4.79 Å². The fraction of sp³-hybridized carbons (Fsp3) is 0. The molecule has 0 aliphatic carbocycles. The Morgan fingerprint density at radius 3 is 3.00 bits per heavy atom. The molecule has 1 heterocycles. The molecular weight excluding hydrogens is 208 g/mol. The summed E-state index contributed by atoms with van der Waals surface area (Å²) in [6.45, 7) is 3.42. The quantitative estimate of drug-likeness (QED) is 0.439. The molecule has 68 valence electrons. The van der Waals surface area contributed by atoms with Crippen molar-refractivity contribution in [2.45, 2.75) is 0 Å². The first kappa shape index (κ1) is 10.0. The van der Waals surface area contributed by atoms with Crippen LogP contribution in [-0.4, -0.2) is 5.97 Å². The number of halogens is 1. The average molecular weight is 215 g/mol. The molecular formula is C9H7ClO2S. The summed E-state index contributed by atoms with van der Waals surface area (Å²) in [5, 5.41) is 1.82. The minimum Gasteiger partial charge on any atom is -0.410 e. The number of esters is 1. The largest absolute Gasteiger partial charge is 0.410 e. The fourth-order valence-electron chi connectivity index (χ4n) is 0.660. The van der Waals surface area contributed by atoms with E-state index in [-0.39, 0.29) is 5.22 Å². The van der Waals surface area contributed by atoms with E-state index in [1.54, 1.807) is 17.5 Å². The number of rotatable bonds is 3. The summed E-state index contributed by atoms with van der Waals surface area (Å²) in [7, 11) is 0. The molecule has 0 unspecified atom stereocenters. The van der Waals surface area contributed by atoms with E-state index in [0.717, 1.165) is 0 Å². The van der Waals surface area contributed by atoms with Crippen molar-refractivity contribution >= 4 is 28.9 Å². The molecule has 13 heavy (non-hydrogen) atoms. The van der Waals surface area contributed by atoms with Crippen LogP contribution in [0.2, 0.25) is 0 Å². The molecule has 0 bridgehead atoms. The number of hydrogen-bond donors (Lipinski definition) is 0. The minimum atomic E-state index is -0.446. The van der Waals surface area contributed by atoms with Crippen molar-refractivity contribution in [1.82, 2.24) is 0 Å². The lowest BCUT2D eigenvalue weighted by molar-refractivity contribution is 0.0655. The number of hydrogen-bond acceptors (Lipinski definition) is 3. The third kappa shape index (κ3) is 3.05. The normalized spacial score (nSPS) is 11.0. The Balaban J connectivity index is 2.61. The van der Waals surface area contributed by atoms with Crippen LogP contribution in [0, 0.1) is 0 Å². The maximum absolute atomic E-state index is 11.2. The van der Waals surface area contributed by atoms with E-state index in [1.807, 2.05) is 0 Å². The van der Waals surface area contributed by atoms with Crippen LogP contribution >= 0.6 is 22.9 Å². The van der Waals surface area contributed by atoms with Gasteiger partial charge in [0.05, 0.1) is 0 Å². The fourth-order valence-corrected chi connectivity index (χ4v) is 1.42. The van der Waals surface area contributed by atoms with Crippen molar-refractivity contribution in [3.8, 4) is 0 Å². The number of carbonyl (C=O) groups excluding carboxylic acids is 1. The van der Waals surface area contributed by atoms with E-state index in [9.17, 15) is 4.79 Å². The van der Waals surface area contributed by atoms with Crippen molar-refractivity contribution in [1.29, 1.82) is 0 Å². The van der Waals surface area contributed by atoms with Gasteiger partial charge in [0.15, 0.2) is 5.22 Å². The van der Waals surface area contributed by atoms with E-state index >= 15 is 0 Å². The van der Waals surface area contributed by atoms with Crippen molar-refractivity contribution in [3.63, 3.8) is 0 Å². The van der Waals surface area contributed by atoms with Gasteiger partial charge in [-0.1, -0.05) is 18.7 Å². The average Bonchev–Trinajstić information content (AvgIpc) is 2.55. The maximum atomic E-state index is 11.2. The van der Waals surface area contributed by atoms with E-state index in [4.69, 9.17) is 16.3 Å². The highest BCUT2D eigenvalue weighted by molar-refractivity contribution is 7.12. The van der Waals surface area contributed by atoms with Crippen LogP contribution in [0.4, 0.5) is 0 Å². The molecule has 2 nitrogen and oxygen atoms in total. The van der Waals surface area contributed by atoms with E-state index in [0.29, 0.717) is 4.88 Å². The summed E-state index contributed by atoms with van der Waals surface area (Å²) in [5.41, 5.74) is 0. The van der Waals surface area contributed by atoms with Gasteiger partial charge in [0.2, 0.25) is 0 Å². The molecule has 0 atom stereocenters. The Kier molecular flexibility index (Phi) is 3.73. The molecule has 0 N–H and O–H groups in total. The Hall–Kier alpha value is -1.06. The second kappa shape index (κ2) is 4.84. The molecule has 0 saturated heterocycles. The van der Waals surface area contributed by atoms with Gasteiger partial charge in [-0.2, -0.15) is 0 Å². The Morgan fingerprint density at radius 1 is 1.69 bits per heavy atom. The van der Waals surface area contributed by atoms with Crippen molar-refractivity contribution in [2.24, 2.45) is 0 Å². The summed E-state index contributed by atoms with van der Waals surface area (Å²) in [6.07, 6.45) is 2.86. The van der Waals surface area contributed by atoms with Gasteiger partial charge in [-0.3, -0.25) is 0 Å². The van der Waals surface area contributed by atoms with E-state index < -0.39 is 5.97 Å². The molecule has 0 aliphatic heterocycles. The second-order valence-corrected chi connectivity index (χ2v) is 3.39. The summed E-state index contributed by atoms with van der Waals surface area (Å²) in [5.74, 6) is -0.446. The molecule has 0 radical (unpaired) electrons. The number of allylic oxidation sites excluding steroid dienone is 2. The predicted octanol–water partition coefficient (Wildman–Crippen LogP) is 3.17. The highest BCUT2D eigenvalue weighted by Crippen LogP contribution is 2.13. The molecule has 1 aromatic rings. The lowest BCUT2D eigenvalue weighted by atomic mass is 10.5. The molecule has 1 rings (SSSR count). The zero-order valence-electron chi connectivity index (χ0n) is 6.70. The molecule has 0 aromatic carbocycles. The molecule has 0 fully saturated rings. The zero-order valence-corrected chi connectivity index (χ0v) is 8.27. The maximum Gasteiger partial charge on any atom is 0.354 e. The first-order valence-electron chi connectivity index (χ1n) is 3.48. The highest BCUT2D eigenvalue weighted by atomic mass is 35.5. The van der Waals surface area contributed by atoms with Gasteiger partial charge < -0.3 is 4.74 Å². The Morgan fingerprint density at radius 2 is 2.46 bits per heavy atom. The van der Waals surface area contributed by atoms with E-state index in [1.165, 1.54) is 23.5 Å². The van der Waals surface area contributed by atoms with Gasteiger partial charge >= 0.3 is 5.97 Å². The molecule has 0 aliphatic rings. The lowest BCUT2D eigenvalue weighted by Crippen LogP contribution is -1.99. The topological polar surface area (TPSA) is 26.3 Å². The van der Waals surface area contributed by atoms with Crippen LogP contribution in [0.1, 0.15) is 9.67 Å². The molecule has 0 spiro atoms. The van der Waals surface area contributed by atoms with Crippen LogP contribution in [0.5, 0.6) is 0 Å². The standard InChI is InChI=1S/C9H7ClO2S/c1-2-4-8(10)12-9(11)7-5-3-6-13-7/h2-6H,1H2/b8-4+. The SMILES string of the molecule is C=C/C=C(\Cl)OC(=O)c1cccs1. The van der Waals surface area contributed by atoms with Crippen LogP contribution in [0.3, 0.4) is 0 Å². The van der Waals surface area contributed by atoms with Crippen LogP contribution in [0.25, 0.3) is 0 Å². The predicted molar refractivity (Wildman–Crippen MR) is 53.9 cm³/mol. The highest BCUT2D eigenvalue weighted by Gasteiger charge is 2.08. The van der Waals surface area contributed by atoms with Gasteiger partial charge in [-0.15, -0.1) is 11.3 Å². The molecule has 4 heteroatoms. The van der Waals surface area contributed by atoms with Gasteiger partial charge in [-0.05, 0) is 29.1 Å². The third-order valence-corrected chi connectivity index (χ3v) is 2.21. The first-order chi connectivity index (χ1) is 6.24. The molecule has 0 amide bonds. The zero-order chi connectivity index (χ0) is 9.68. The van der Waals surface area contributed by atoms with Crippen LogP contribution < -0.4 is 0 Å². The Bertz CT molecular complexity index is 327. The minimum absolute atomic E-state index is 0.0217. The van der Waals surface area contributed by atoms with Crippen molar-refractivity contribution < 1.29 is 9.53 Å². The van der Waals surface area contributed by atoms with Crippen LogP contribution in [0.15, 0.2) is 41.5 Å². The number of carbonyl (C=O) groups is 1. The lowest BCUT2D eigenvalue weighted by Gasteiger charge is -1.98. The third-order valence-electron chi connectivity index (χ3n) is 1.16.